The number of urea groups is 1. The Bertz CT molecular complexity index is 1000. The molecular weight excluding hydrogens is 354 g/mol. The number of rotatable bonds is 2. The number of hydrogen-bond acceptors (Lipinski definition) is 5. The van der Waals surface area contributed by atoms with Crippen molar-refractivity contribution in [3.63, 3.8) is 0 Å². The number of hydrogen-bond donors (Lipinski definition) is 1. The first-order valence-corrected chi connectivity index (χ1v) is 8.82. The number of pyridine rings is 1. The van der Waals surface area contributed by atoms with Crippen molar-refractivity contribution < 1.29 is 4.79 Å². The topological polar surface area (TPSA) is 78.7 Å². The van der Waals surface area contributed by atoms with Crippen molar-refractivity contribution in [3.05, 3.63) is 41.8 Å². The molecule has 26 heavy (non-hydrogen) atoms. The van der Waals surface area contributed by atoms with Gasteiger partial charge in [0.1, 0.15) is 17.2 Å². The van der Waals surface area contributed by atoms with E-state index < -0.39 is 0 Å². The SMILES string of the molecule is O=C1NCC2CN(c3ccnc(-c4cnc5ccc(Cl)cn45)n3)CCN12. The summed E-state index contributed by atoms with van der Waals surface area (Å²) in [7, 11) is 0. The largest absolute Gasteiger partial charge is 0.353 e. The molecule has 5 rings (SSSR count). The Hall–Kier alpha value is -2.87. The molecule has 1 atom stereocenters. The van der Waals surface area contributed by atoms with Crippen molar-refractivity contribution in [1.29, 1.82) is 0 Å². The normalized spacial score (nSPS) is 19.7. The molecule has 0 aromatic carbocycles. The smallest absolute Gasteiger partial charge is 0.317 e. The number of carbonyl (C=O) groups is 1. The van der Waals surface area contributed by atoms with Crippen molar-refractivity contribution in [2.75, 3.05) is 31.1 Å². The fraction of sp³-hybridized carbons (Fsp3) is 0.294. The van der Waals surface area contributed by atoms with Crippen LogP contribution in [0, 0.1) is 0 Å². The van der Waals surface area contributed by atoms with Gasteiger partial charge in [0.2, 0.25) is 0 Å². The van der Waals surface area contributed by atoms with Gasteiger partial charge in [0.05, 0.1) is 17.3 Å². The summed E-state index contributed by atoms with van der Waals surface area (Å²) in [5.74, 6) is 1.45. The minimum Gasteiger partial charge on any atom is -0.353 e. The Morgan fingerprint density at radius 2 is 2.12 bits per heavy atom. The van der Waals surface area contributed by atoms with Gasteiger partial charge in [0.25, 0.3) is 0 Å². The van der Waals surface area contributed by atoms with Gasteiger partial charge in [-0.05, 0) is 18.2 Å². The third kappa shape index (κ3) is 2.45. The highest BCUT2D eigenvalue weighted by Gasteiger charge is 2.35. The van der Waals surface area contributed by atoms with Crippen molar-refractivity contribution in [3.8, 4) is 11.5 Å². The van der Waals surface area contributed by atoms with E-state index >= 15 is 0 Å². The second-order valence-corrected chi connectivity index (χ2v) is 6.87. The van der Waals surface area contributed by atoms with Crippen molar-refractivity contribution in [2.45, 2.75) is 6.04 Å². The molecule has 0 saturated carbocycles. The van der Waals surface area contributed by atoms with Crippen LogP contribution in [0.4, 0.5) is 10.6 Å². The van der Waals surface area contributed by atoms with E-state index in [1.807, 2.05) is 27.6 Å². The second-order valence-electron chi connectivity index (χ2n) is 6.44. The molecule has 0 aliphatic carbocycles. The highest BCUT2D eigenvalue weighted by molar-refractivity contribution is 6.30. The number of imidazole rings is 1. The van der Waals surface area contributed by atoms with Crippen LogP contribution in [-0.2, 0) is 0 Å². The Morgan fingerprint density at radius 3 is 3.04 bits per heavy atom. The number of anilines is 1. The molecule has 1 unspecified atom stereocenters. The van der Waals surface area contributed by atoms with Crippen LogP contribution in [0.25, 0.3) is 17.2 Å². The van der Waals surface area contributed by atoms with E-state index in [1.54, 1.807) is 18.5 Å². The van der Waals surface area contributed by atoms with E-state index in [-0.39, 0.29) is 12.1 Å². The van der Waals surface area contributed by atoms with E-state index in [0.29, 0.717) is 23.9 Å². The number of amides is 2. The van der Waals surface area contributed by atoms with Crippen LogP contribution in [-0.4, -0.2) is 62.5 Å². The predicted octanol–water partition coefficient (Wildman–Crippen LogP) is 1.66. The lowest BCUT2D eigenvalue weighted by molar-refractivity contribution is 0.197. The van der Waals surface area contributed by atoms with Crippen LogP contribution >= 0.6 is 11.6 Å². The predicted molar refractivity (Wildman–Crippen MR) is 97.3 cm³/mol. The maximum atomic E-state index is 11.8. The zero-order chi connectivity index (χ0) is 17.7. The minimum atomic E-state index is 0.0284. The molecule has 0 spiro atoms. The van der Waals surface area contributed by atoms with Gasteiger partial charge >= 0.3 is 6.03 Å². The van der Waals surface area contributed by atoms with Crippen LogP contribution in [0.2, 0.25) is 5.02 Å². The van der Waals surface area contributed by atoms with Gasteiger partial charge in [0.15, 0.2) is 5.82 Å². The van der Waals surface area contributed by atoms with Gasteiger partial charge in [-0.1, -0.05) is 11.6 Å². The zero-order valence-corrected chi connectivity index (χ0v) is 14.6. The molecular formula is C17H16ClN7O. The monoisotopic (exact) mass is 369 g/mol. The molecule has 0 radical (unpaired) electrons. The molecule has 1 N–H and O–H groups in total. The summed E-state index contributed by atoms with van der Waals surface area (Å²) in [4.78, 5) is 29.4. The molecule has 132 valence electrons. The average Bonchev–Trinajstić information content (AvgIpc) is 3.25. The molecule has 9 heteroatoms. The molecule has 5 heterocycles. The highest BCUT2D eigenvalue weighted by Crippen LogP contribution is 2.23. The van der Waals surface area contributed by atoms with Gasteiger partial charge < -0.3 is 15.1 Å². The molecule has 0 bridgehead atoms. The Balaban J connectivity index is 1.47. The summed E-state index contributed by atoms with van der Waals surface area (Å²) in [6, 6.07) is 5.78. The summed E-state index contributed by atoms with van der Waals surface area (Å²) in [6.07, 6.45) is 5.32. The van der Waals surface area contributed by atoms with E-state index in [4.69, 9.17) is 16.6 Å². The molecule has 3 aromatic heterocycles. The number of nitrogens with zero attached hydrogens (tertiary/aromatic N) is 6. The van der Waals surface area contributed by atoms with Crippen LogP contribution in [0.1, 0.15) is 0 Å². The molecule has 2 saturated heterocycles. The van der Waals surface area contributed by atoms with Crippen molar-refractivity contribution >= 4 is 29.1 Å². The zero-order valence-electron chi connectivity index (χ0n) is 13.8. The van der Waals surface area contributed by atoms with Gasteiger partial charge in [-0.2, -0.15) is 0 Å². The summed E-state index contributed by atoms with van der Waals surface area (Å²) in [6.45, 7) is 2.88. The maximum absolute atomic E-state index is 11.8. The highest BCUT2D eigenvalue weighted by atomic mass is 35.5. The fourth-order valence-electron chi connectivity index (χ4n) is 3.58. The number of halogens is 1. The summed E-state index contributed by atoms with van der Waals surface area (Å²) >= 11 is 6.12. The maximum Gasteiger partial charge on any atom is 0.317 e. The summed E-state index contributed by atoms with van der Waals surface area (Å²) in [5.41, 5.74) is 1.59. The molecule has 2 fully saturated rings. The van der Waals surface area contributed by atoms with Crippen LogP contribution in [0.3, 0.4) is 0 Å². The first-order chi connectivity index (χ1) is 12.7. The summed E-state index contributed by atoms with van der Waals surface area (Å²) in [5, 5.41) is 3.52. The third-order valence-corrected chi connectivity index (χ3v) is 5.12. The van der Waals surface area contributed by atoms with Crippen LogP contribution in [0.5, 0.6) is 0 Å². The van der Waals surface area contributed by atoms with Crippen molar-refractivity contribution in [2.24, 2.45) is 0 Å². The van der Waals surface area contributed by atoms with Gasteiger partial charge in [0, 0.05) is 38.6 Å². The number of carbonyl (C=O) groups excluding carboxylic acids is 1. The number of nitrogens with one attached hydrogen (secondary N) is 1. The second kappa shape index (κ2) is 5.84. The minimum absolute atomic E-state index is 0.0284. The lowest BCUT2D eigenvalue weighted by Crippen LogP contribution is -2.52. The Kier molecular flexibility index (Phi) is 3.46. The molecule has 8 nitrogen and oxygen atoms in total. The fourth-order valence-corrected chi connectivity index (χ4v) is 3.74. The first-order valence-electron chi connectivity index (χ1n) is 8.44. The van der Waals surface area contributed by atoms with E-state index in [0.717, 1.165) is 30.2 Å². The molecule has 3 aromatic rings. The van der Waals surface area contributed by atoms with Crippen molar-refractivity contribution in [1.82, 2.24) is 29.6 Å². The van der Waals surface area contributed by atoms with Crippen LogP contribution in [0.15, 0.2) is 36.8 Å². The van der Waals surface area contributed by atoms with Crippen LogP contribution < -0.4 is 10.2 Å². The molecule has 2 amide bonds. The van der Waals surface area contributed by atoms with E-state index in [1.165, 1.54) is 0 Å². The van der Waals surface area contributed by atoms with Gasteiger partial charge in [-0.25, -0.2) is 19.7 Å². The first kappa shape index (κ1) is 15.4. The lowest BCUT2D eigenvalue weighted by atomic mass is 10.2. The third-order valence-electron chi connectivity index (χ3n) is 4.90. The summed E-state index contributed by atoms with van der Waals surface area (Å²) < 4.78 is 1.89. The average molecular weight is 370 g/mol. The number of piperazine rings is 1. The Labute approximate surface area is 154 Å². The van der Waals surface area contributed by atoms with Gasteiger partial charge in [-0.15, -0.1) is 0 Å². The molecule has 2 aliphatic rings. The quantitative estimate of drug-likeness (QED) is 0.743. The standard InChI is InChI=1S/C17H16ClN7O/c18-11-1-2-14-20-8-13(25(14)9-11)16-19-4-3-15(22-16)23-5-6-24-12(10-23)7-21-17(24)26/h1-4,8-9,12H,5-7,10H2,(H,21,26). The Morgan fingerprint density at radius 1 is 1.19 bits per heavy atom. The van der Waals surface area contributed by atoms with E-state index in [9.17, 15) is 4.79 Å². The van der Waals surface area contributed by atoms with Gasteiger partial charge in [-0.3, -0.25) is 4.40 Å². The molecule has 2 aliphatic heterocycles. The van der Waals surface area contributed by atoms with E-state index in [2.05, 4.69) is 20.2 Å². The lowest BCUT2D eigenvalue weighted by Gasteiger charge is -2.37. The number of aromatic nitrogens is 4. The number of fused-ring (bicyclic) bond motifs is 2.